The van der Waals surface area contributed by atoms with Gasteiger partial charge in [-0.05, 0) is 96.3 Å². The van der Waals surface area contributed by atoms with Crippen LogP contribution in [-0.2, 0) is 28.6 Å². The van der Waals surface area contributed by atoms with Gasteiger partial charge < -0.3 is 14.2 Å². The number of hydrogen-bond acceptors (Lipinski definition) is 6. The molecule has 0 radical (unpaired) electrons. The van der Waals surface area contributed by atoms with Gasteiger partial charge in [-0.15, -0.1) is 0 Å². The zero-order valence-electron chi connectivity index (χ0n) is 45.9. The van der Waals surface area contributed by atoms with Crippen molar-refractivity contribution in [1.82, 2.24) is 0 Å². The van der Waals surface area contributed by atoms with Crippen LogP contribution in [0.5, 0.6) is 0 Å². The Kier molecular flexibility index (Phi) is 54.9. The third-order valence-corrected chi connectivity index (χ3v) is 12.0. The van der Waals surface area contributed by atoms with E-state index < -0.39 is 6.10 Å². The molecule has 71 heavy (non-hydrogen) atoms. The number of rotatable bonds is 51. The summed E-state index contributed by atoms with van der Waals surface area (Å²) in [4.78, 5) is 38.1. The van der Waals surface area contributed by atoms with Crippen molar-refractivity contribution >= 4 is 17.9 Å². The maximum atomic E-state index is 12.9. The SMILES string of the molecule is CC/C=C\C/C=C\C/C=C\C/C=C\C/C=C\CCCC(=O)OC[C@H](COC(=O)CC/C=C\C/C=C\C/C=C\C/C=C\C/C=C\CCCCC)OC(=O)CCCCCCCCCCCCCCCCCCC. The minimum absolute atomic E-state index is 0.131. The van der Waals surface area contributed by atoms with Gasteiger partial charge in [0.1, 0.15) is 13.2 Å². The van der Waals surface area contributed by atoms with E-state index in [4.69, 9.17) is 14.2 Å². The molecule has 0 saturated carbocycles. The van der Waals surface area contributed by atoms with E-state index in [1.165, 1.54) is 116 Å². The molecule has 6 heteroatoms. The lowest BCUT2D eigenvalue weighted by atomic mass is 10.0. The van der Waals surface area contributed by atoms with Crippen molar-refractivity contribution in [3.8, 4) is 0 Å². The van der Waals surface area contributed by atoms with Gasteiger partial charge in [0, 0.05) is 19.3 Å². The van der Waals surface area contributed by atoms with E-state index in [-0.39, 0.29) is 44.0 Å². The summed E-state index contributed by atoms with van der Waals surface area (Å²) in [5, 5.41) is 0. The number of ether oxygens (including phenoxy) is 3. The van der Waals surface area contributed by atoms with E-state index in [1.54, 1.807) is 0 Å². The van der Waals surface area contributed by atoms with Gasteiger partial charge in [-0.1, -0.05) is 258 Å². The fourth-order valence-electron chi connectivity index (χ4n) is 7.64. The Bertz CT molecular complexity index is 1500. The van der Waals surface area contributed by atoms with Gasteiger partial charge >= 0.3 is 17.9 Å². The molecule has 0 heterocycles. The standard InChI is InChI=1S/C65H106O6/c1-4-7-10-13-16-19-22-25-28-31-32-35-37-40-43-46-49-52-55-58-64(67)70-61-62(71-65(68)59-56-53-50-47-44-41-38-34-30-27-24-21-18-15-12-9-6-3)60-69-63(66)57-54-51-48-45-42-39-36-33-29-26-23-20-17-14-11-8-5-2/h8,11,16-17,19-20,25-26,28-29,32,35-36,39-40,43,45,48-49,52,62H,4-7,9-10,12-15,18,21-24,27,30-31,33-34,37-38,41-42,44,46-47,50-51,53-61H2,1-3H3/b11-8-,19-16-,20-17-,28-25-,29-26-,35-32-,39-36-,43-40-,48-45-,52-49-/t62-/m1/s1. The normalized spacial score (nSPS) is 13.0. The molecule has 0 aliphatic carbocycles. The lowest BCUT2D eigenvalue weighted by Gasteiger charge is -2.18. The second-order valence-electron chi connectivity index (χ2n) is 18.8. The van der Waals surface area contributed by atoms with Crippen molar-refractivity contribution in [2.75, 3.05) is 13.2 Å². The van der Waals surface area contributed by atoms with E-state index in [0.29, 0.717) is 19.3 Å². The molecule has 0 fully saturated rings. The maximum Gasteiger partial charge on any atom is 0.306 e. The first-order valence-electron chi connectivity index (χ1n) is 29.0. The summed E-state index contributed by atoms with van der Waals surface area (Å²) >= 11 is 0. The Morgan fingerprint density at radius 1 is 0.296 bits per heavy atom. The van der Waals surface area contributed by atoms with Crippen LogP contribution in [0.2, 0.25) is 0 Å². The zero-order chi connectivity index (χ0) is 51.4. The Balaban J connectivity index is 4.58. The third kappa shape index (κ3) is 56.6. The summed E-state index contributed by atoms with van der Waals surface area (Å²) < 4.78 is 16.8. The first-order chi connectivity index (χ1) is 35.0. The van der Waals surface area contributed by atoms with Gasteiger partial charge in [0.25, 0.3) is 0 Å². The molecule has 0 unspecified atom stereocenters. The molecule has 0 aromatic carbocycles. The van der Waals surface area contributed by atoms with Crippen LogP contribution in [0.3, 0.4) is 0 Å². The van der Waals surface area contributed by atoms with Crippen LogP contribution in [0.4, 0.5) is 0 Å². The fraction of sp³-hybridized carbons (Fsp3) is 0.646. The monoisotopic (exact) mass is 983 g/mol. The minimum atomic E-state index is -0.833. The predicted molar refractivity (Wildman–Crippen MR) is 306 cm³/mol. The van der Waals surface area contributed by atoms with Crippen molar-refractivity contribution in [3.63, 3.8) is 0 Å². The van der Waals surface area contributed by atoms with Crippen molar-refractivity contribution in [1.29, 1.82) is 0 Å². The van der Waals surface area contributed by atoms with Crippen LogP contribution in [0, 0.1) is 0 Å². The van der Waals surface area contributed by atoms with Gasteiger partial charge in [0.15, 0.2) is 6.10 Å². The minimum Gasteiger partial charge on any atom is -0.462 e. The highest BCUT2D eigenvalue weighted by atomic mass is 16.6. The van der Waals surface area contributed by atoms with Gasteiger partial charge in [0.05, 0.1) is 0 Å². The van der Waals surface area contributed by atoms with Crippen LogP contribution in [-0.4, -0.2) is 37.2 Å². The van der Waals surface area contributed by atoms with Gasteiger partial charge in [0.2, 0.25) is 0 Å². The highest BCUT2D eigenvalue weighted by Crippen LogP contribution is 2.15. The first kappa shape index (κ1) is 66.8. The van der Waals surface area contributed by atoms with E-state index in [2.05, 4.69) is 136 Å². The van der Waals surface area contributed by atoms with Crippen LogP contribution >= 0.6 is 0 Å². The van der Waals surface area contributed by atoms with Crippen molar-refractivity contribution in [3.05, 3.63) is 122 Å². The first-order valence-corrected chi connectivity index (χ1v) is 29.0. The number of esters is 3. The lowest BCUT2D eigenvalue weighted by molar-refractivity contribution is -0.166. The number of carbonyl (C=O) groups excluding carboxylic acids is 3. The molecular weight excluding hydrogens is 877 g/mol. The second kappa shape index (κ2) is 58.4. The topological polar surface area (TPSA) is 78.9 Å². The molecule has 0 bridgehead atoms. The lowest BCUT2D eigenvalue weighted by Crippen LogP contribution is -2.30. The van der Waals surface area contributed by atoms with Crippen LogP contribution in [0.15, 0.2) is 122 Å². The highest BCUT2D eigenvalue weighted by Gasteiger charge is 2.19. The Labute approximate surface area is 437 Å². The molecule has 0 amide bonds. The molecule has 402 valence electrons. The third-order valence-electron chi connectivity index (χ3n) is 12.0. The van der Waals surface area contributed by atoms with E-state index in [0.717, 1.165) is 83.5 Å². The molecule has 6 nitrogen and oxygen atoms in total. The average Bonchev–Trinajstić information content (AvgIpc) is 3.37. The smallest absolute Gasteiger partial charge is 0.306 e. The van der Waals surface area contributed by atoms with Gasteiger partial charge in [-0.3, -0.25) is 14.4 Å². The summed E-state index contributed by atoms with van der Waals surface area (Å²) in [5.74, 6) is -1.07. The van der Waals surface area contributed by atoms with Crippen molar-refractivity contribution in [2.45, 2.75) is 258 Å². The molecule has 0 spiro atoms. The molecule has 0 aromatic rings. The van der Waals surface area contributed by atoms with Crippen LogP contribution in [0.1, 0.15) is 252 Å². The molecule has 0 rings (SSSR count). The molecule has 0 saturated heterocycles. The quantitative estimate of drug-likeness (QED) is 0.0261. The molecule has 0 aromatic heterocycles. The molecule has 0 N–H and O–H groups in total. The fourth-order valence-corrected chi connectivity index (χ4v) is 7.64. The summed E-state index contributed by atoms with van der Waals surface area (Å²) in [7, 11) is 0. The highest BCUT2D eigenvalue weighted by molar-refractivity contribution is 5.71. The summed E-state index contributed by atoms with van der Waals surface area (Å²) in [6.45, 7) is 6.39. The summed E-state index contributed by atoms with van der Waals surface area (Å²) in [5.41, 5.74) is 0. The number of carbonyl (C=O) groups is 3. The zero-order valence-corrected chi connectivity index (χ0v) is 45.9. The number of unbranched alkanes of at least 4 members (excludes halogenated alkanes) is 20. The van der Waals surface area contributed by atoms with Crippen molar-refractivity contribution in [2.24, 2.45) is 0 Å². The van der Waals surface area contributed by atoms with Gasteiger partial charge in [-0.25, -0.2) is 0 Å². The van der Waals surface area contributed by atoms with Crippen LogP contribution in [0.25, 0.3) is 0 Å². The number of hydrogen-bond donors (Lipinski definition) is 0. The summed E-state index contributed by atoms with van der Waals surface area (Å²) in [6, 6.07) is 0. The van der Waals surface area contributed by atoms with Gasteiger partial charge in [-0.2, -0.15) is 0 Å². The van der Waals surface area contributed by atoms with E-state index >= 15 is 0 Å². The van der Waals surface area contributed by atoms with E-state index in [9.17, 15) is 14.4 Å². The predicted octanol–water partition coefficient (Wildman–Crippen LogP) is 19.6. The summed E-state index contributed by atoms with van der Waals surface area (Å²) in [6.07, 6.45) is 80.6. The Morgan fingerprint density at radius 3 is 0.986 bits per heavy atom. The van der Waals surface area contributed by atoms with Crippen LogP contribution < -0.4 is 0 Å². The molecule has 0 aliphatic rings. The van der Waals surface area contributed by atoms with Crippen molar-refractivity contribution < 1.29 is 28.6 Å². The van der Waals surface area contributed by atoms with E-state index in [1.807, 2.05) is 6.08 Å². The Hall–Kier alpha value is -4.19. The molecular formula is C65H106O6. The molecule has 0 aliphatic heterocycles. The largest absolute Gasteiger partial charge is 0.462 e. The Morgan fingerprint density at radius 2 is 0.592 bits per heavy atom. The number of allylic oxidation sites excluding steroid dienone is 20. The second-order valence-corrected chi connectivity index (χ2v) is 18.8. The molecule has 1 atom stereocenters. The average molecular weight is 984 g/mol. The maximum absolute atomic E-state index is 12.9.